The number of benzene rings is 2. The molecule has 1 aliphatic rings. The number of aromatic nitrogens is 1. The maximum absolute atomic E-state index is 12.7. The first-order valence-electron chi connectivity index (χ1n) is 7.46. The molecular formula is C18H12Cl2N2O2. The summed E-state index contributed by atoms with van der Waals surface area (Å²) in [6, 6.07) is 10.4. The van der Waals surface area contributed by atoms with Gasteiger partial charge in [0.1, 0.15) is 5.56 Å². The predicted molar refractivity (Wildman–Crippen MR) is 96.3 cm³/mol. The van der Waals surface area contributed by atoms with E-state index in [-0.39, 0.29) is 11.0 Å². The summed E-state index contributed by atoms with van der Waals surface area (Å²) in [7, 11) is 0. The van der Waals surface area contributed by atoms with E-state index in [1.165, 1.54) is 6.07 Å². The Morgan fingerprint density at radius 1 is 1.17 bits per heavy atom. The van der Waals surface area contributed by atoms with Crippen LogP contribution in [0.1, 0.15) is 15.9 Å². The van der Waals surface area contributed by atoms with Gasteiger partial charge in [-0.3, -0.25) is 9.59 Å². The Morgan fingerprint density at radius 2 is 2.00 bits per heavy atom. The number of anilines is 1. The van der Waals surface area contributed by atoms with Gasteiger partial charge in [-0.1, -0.05) is 35.3 Å². The first kappa shape index (κ1) is 15.2. The summed E-state index contributed by atoms with van der Waals surface area (Å²) < 4.78 is 1.96. The Balaban J connectivity index is 1.79. The van der Waals surface area contributed by atoms with Crippen LogP contribution in [-0.4, -0.2) is 10.5 Å². The van der Waals surface area contributed by atoms with Crippen molar-refractivity contribution in [3.05, 3.63) is 74.0 Å². The smallest absolute Gasteiger partial charge is 0.261 e. The lowest BCUT2D eigenvalue weighted by molar-refractivity contribution is 0.102. The largest absolute Gasteiger partial charge is 0.346 e. The molecule has 3 aromatic rings. The van der Waals surface area contributed by atoms with Crippen molar-refractivity contribution in [2.24, 2.45) is 0 Å². The summed E-state index contributed by atoms with van der Waals surface area (Å²) in [6.07, 6.45) is 2.49. The van der Waals surface area contributed by atoms with Gasteiger partial charge in [0, 0.05) is 23.2 Å². The van der Waals surface area contributed by atoms with Gasteiger partial charge in [-0.25, -0.2) is 0 Å². The van der Waals surface area contributed by atoms with Crippen LogP contribution < -0.4 is 10.7 Å². The van der Waals surface area contributed by atoms with Crippen LogP contribution in [-0.2, 0) is 13.0 Å². The summed E-state index contributed by atoms with van der Waals surface area (Å²) in [5.74, 6) is -0.479. The molecule has 4 rings (SSSR count). The van der Waals surface area contributed by atoms with Gasteiger partial charge in [0.25, 0.3) is 5.91 Å². The second kappa shape index (κ2) is 5.65. The third kappa shape index (κ3) is 2.39. The Hall–Kier alpha value is -2.30. The van der Waals surface area contributed by atoms with Crippen molar-refractivity contribution >= 4 is 45.7 Å². The van der Waals surface area contributed by atoms with Crippen LogP contribution in [0, 0.1) is 0 Å². The van der Waals surface area contributed by atoms with Crippen LogP contribution in [0.4, 0.5) is 5.69 Å². The molecule has 0 bridgehead atoms. The van der Waals surface area contributed by atoms with E-state index in [9.17, 15) is 9.59 Å². The SMILES string of the molecule is O=C(Nc1ccc(Cl)cc1Cl)c1cn2c3c(cccc3c1=O)CC2. The fourth-order valence-electron chi connectivity index (χ4n) is 3.10. The van der Waals surface area contributed by atoms with Crippen molar-refractivity contribution in [3.63, 3.8) is 0 Å². The summed E-state index contributed by atoms with van der Waals surface area (Å²) in [6.45, 7) is 0.762. The average Bonchev–Trinajstić information content (AvgIpc) is 2.97. The van der Waals surface area contributed by atoms with E-state index in [2.05, 4.69) is 5.32 Å². The Labute approximate surface area is 147 Å². The highest BCUT2D eigenvalue weighted by molar-refractivity contribution is 6.36. The molecule has 24 heavy (non-hydrogen) atoms. The highest BCUT2D eigenvalue weighted by atomic mass is 35.5. The number of nitrogens with zero attached hydrogens (tertiary/aromatic N) is 1. The zero-order valence-corrected chi connectivity index (χ0v) is 14.0. The van der Waals surface area contributed by atoms with Gasteiger partial charge in [-0.15, -0.1) is 0 Å². The zero-order chi connectivity index (χ0) is 16.8. The minimum absolute atomic E-state index is 0.104. The van der Waals surface area contributed by atoms with Crippen molar-refractivity contribution in [3.8, 4) is 0 Å². The van der Waals surface area contributed by atoms with Crippen LogP contribution in [0.5, 0.6) is 0 Å². The summed E-state index contributed by atoms with van der Waals surface area (Å²) in [5, 5.41) is 4.05. The number of carbonyl (C=O) groups is 1. The number of hydrogen-bond donors (Lipinski definition) is 1. The summed E-state index contributed by atoms with van der Waals surface area (Å²) in [4.78, 5) is 25.3. The molecule has 1 N–H and O–H groups in total. The first-order chi connectivity index (χ1) is 11.5. The fourth-order valence-corrected chi connectivity index (χ4v) is 3.55. The first-order valence-corrected chi connectivity index (χ1v) is 8.21. The van der Waals surface area contributed by atoms with Gasteiger partial charge in [-0.05, 0) is 36.2 Å². The average molecular weight is 359 g/mol. The van der Waals surface area contributed by atoms with Gasteiger partial charge in [0.05, 0.1) is 16.2 Å². The Bertz CT molecular complexity index is 1060. The van der Waals surface area contributed by atoms with E-state index >= 15 is 0 Å². The van der Waals surface area contributed by atoms with Crippen LogP contribution >= 0.6 is 23.2 Å². The normalized spacial score (nSPS) is 12.6. The van der Waals surface area contributed by atoms with Gasteiger partial charge in [-0.2, -0.15) is 0 Å². The topological polar surface area (TPSA) is 51.1 Å². The molecule has 0 atom stereocenters. The lowest BCUT2D eigenvalue weighted by Crippen LogP contribution is -2.23. The third-order valence-corrected chi connectivity index (χ3v) is 4.77. The lowest BCUT2D eigenvalue weighted by atomic mass is 10.1. The molecule has 0 unspecified atom stereocenters. The molecule has 2 heterocycles. The van der Waals surface area contributed by atoms with E-state index in [1.54, 1.807) is 24.4 Å². The highest BCUT2D eigenvalue weighted by Crippen LogP contribution is 2.27. The van der Waals surface area contributed by atoms with Gasteiger partial charge < -0.3 is 9.88 Å². The molecule has 1 aromatic heterocycles. The standard InChI is InChI=1S/C18H12Cl2N2O2/c19-11-4-5-15(14(20)8-11)21-18(24)13-9-22-7-6-10-2-1-3-12(16(10)22)17(13)23/h1-5,8-9H,6-7H2,(H,21,24). The molecule has 4 nitrogen and oxygen atoms in total. The van der Waals surface area contributed by atoms with E-state index in [4.69, 9.17) is 23.2 Å². The number of amides is 1. The van der Waals surface area contributed by atoms with Gasteiger partial charge in [0.15, 0.2) is 0 Å². The van der Waals surface area contributed by atoms with Crippen LogP contribution in [0.15, 0.2) is 47.4 Å². The second-order valence-electron chi connectivity index (χ2n) is 5.71. The van der Waals surface area contributed by atoms with Crippen molar-refractivity contribution < 1.29 is 4.79 Å². The number of carbonyl (C=O) groups excluding carboxylic acids is 1. The van der Waals surface area contributed by atoms with Crippen LogP contribution in [0.25, 0.3) is 10.9 Å². The third-order valence-electron chi connectivity index (χ3n) is 4.23. The number of rotatable bonds is 2. The minimum atomic E-state index is -0.479. The number of nitrogens with one attached hydrogen (secondary N) is 1. The van der Waals surface area contributed by atoms with Crippen LogP contribution in [0.2, 0.25) is 10.0 Å². The Morgan fingerprint density at radius 3 is 2.79 bits per heavy atom. The quantitative estimate of drug-likeness (QED) is 0.749. The van der Waals surface area contributed by atoms with Crippen molar-refractivity contribution in [2.75, 3.05) is 5.32 Å². The number of para-hydroxylation sites is 1. The lowest BCUT2D eigenvalue weighted by Gasteiger charge is -2.10. The van der Waals surface area contributed by atoms with Gasteiger partial charge >= 0.3 is 0 Å². The molecule has 1 aliphatic heterocycles. The minimum Gasteiger partial charge on any atom is -0.346 e. The van der Waals surface area contributed by atoms with Gasteiger partial charge in [0.2, 0.25) is 5.43 Å². The summed E-state index contributed by atoms with van der Waals surface area (Å²) >= 11 is 11.9. The number of aryl methyl sites for hydroxylation is 2. The highest BCUT2D eigenvalue weighted by Gasteiger charge is 2.20. The zero-order valence-electron chi connectivity index (χ0n) is 12.5. The molecular weight excluding hydrogens is 347 g/mol. The van der Waals surface area contributed by atoms with Crippen molar-refractivity contribution in [2.45, 2.75) is 13.0 Å². The van der Waals surface area contributed by atoms with Crippen LogP contribution in [0.3, 0.4) is 0 Å². The Kier molecular flexibility index (Phi) is 3.59. The molecule has 0 radical (unpaired) electrons. The molecule has 0 saturated carbocycles. The van der Waals surface area contributed by atoms with E-state index in [0.717, 1.165) is 24.0 Å². The monoisotopic (exact) mass is 358 g/mol. The molecule has 0 saturated heterocycles. The number of hydrogen-bond acceptors (Lipinski definition) is 2. The van der Waals surface area contributed by atoms with E-state index in [0.29, 0.717) is 21.1 Å². The second-order valence-corrected chi connectivity index (χ2v) is 6.55. The molecule has 0 fully saturated rings. The predicted octanol–water partition coefficient (Wildman–Crippen LogP) is 4.12. The molecule has 2 aromatic carbocycles. The van der Waals surface area contributed by atoms with Crippen molar-refractivity contribution in [1.29, 1.82) is 0 Å². The maximum Gasteiger partial charge on any atom is 0.261 e. The maximum atomic E-state index is 12.7. The molecule has 0 spiro atoms. The molecule has 1 amide bonds. The number of halogens is 2. The van der Waals surface area contributed by atoms with E-state index in [1.807, 2.05) is 16.7 Å². The molecule has 0 aliphatic carbocycles. The molecule has 6 heteroatoms. The summed E-state index contributed by atoms with van der Waals surface area (Å²) in [5.41, 5.74) is 2.31. The fraction of sp³-hybridized carbons (Fsp3) is 0.111. The van der Waals surface area contributed by atoms with Crippen molar-refractivity contribution in [1.82, 2.24) is 4.57 Å². The van der Waals surface area contributed by atoms with E-state index < -0.39 is 5.91 Å². The molecule has 120 valence electrons. The number of pyridine rings is 1.